The lowest BCUT2D eigenvalue weighted by Gasteiger charge is -2.33. The predicted octanol–water partition coefficient (Wildman–Crippen LogP) is 1.79. The van der Waals surface area contributed by atoms with Crippen LogP contribution in [0.25, 0.3) is 0 Å². The van der Waals surface area contributed by atoms with Gasteiger partial charge in [-0.15, -0.1) is 0 Å². The zero-order valence-corrected chi connectivity index (χ0v) is 15.8. The van der Waals surface area contributed by atoms with E-state index in [4.69, 9.17) is 11.6 Å². The van der Waals surface area contributed by atoms with Gasteiger partial charge in [-0.3, -0.25) is 4.79 Å². The Morgan fingerprint density at radius 1 is 1.04 bits per heavy atom. The van der Waals surface area contributed by atoms with Crippen molar-refractivity contribution in [1.82, 2.24) is 5.32 Å². The molecular formula is C21H27ClN3O+. The van der Waals surface area contributed by atoms with Gasteiger partial charge in [-0.1, -0.05) is 54.1 Å². The number of anilines is 1. The highest BCUT2D eigenvalue weighted by atomic mass is 35.5. The summed E-state index contributed by atoms with van der Waals surface area (Å²) in [5, 5.41) is 3.86. The van der Waals surface area contributed by atoms with Crippen LogP contribution in [-0.2, 0) is 11.2 Å². The molecule has 138 valence electrons. The van der Waals surface area contributed by atoms with Crippen LogP contribution in [0.3, 0.4) is 0 Å². The van der Waals surface area contributed by atoms with Crippen LogP contribution < -0.4 is 15.1 Å². The molecular weight excluding hydrogens is 346 g/mol. The molecule has 0 bridgehead atoms. The number of nitrogens with zero attached hydrogens (tertiary/aromatic N) is 1. The maximum atomic E-state index is 12.2. The summed E-state index contributed by atoms with van der Waals surface area (Å²) in [5.41, 5.74) is 2.42. The molecule has 1 saturated heterocycles. The lowest BCUT2D eigenvalue weighted by atomic mass is 10.1. The van der Waals surface area contributed by atoms with Crippen molar-refractivity contribution in [2.24, 2.45) is 0 Å². The Morgan fingerprint density at radius 3 is 2.46 bits per heavy atom. The van der Waals surface area contributed by atoms with E-state index in [0.717, 1.165) is 56.3 Å². The second kappa shape index (κ2) is 9.60. The van der Waals surface area contributed by atoms with Crippen LogP contribution in [0.4, 0.5) is 5.69 Å². The number of piperazine rings is 1. The fourth-order valence-electron chi connectivity index (χ4n) is 3.40. The number of quaternary nitrogens is 1. The molecule has 0 aliphatic carbocycles. The van der Waals surface area contributed by atoms with Gasteiger partial charge in [-0.05, 0) is 30.5 Å². The van der Waals surface area contributed by atoms with Gasteiger partial charge in [-0.25, -0.2) is 0 Å². The van der Waals surface area contributed by atoms with Crippen LogP contribution in [0.15, 0.2) is 54.6 Å². The number of benzene rings is 2. The van der Waals surface area contributed by atoms with Crippen LogP contribution in [0.1, 0.15) is 12.0 Å². The smallest absolute Gasteiger partial charge is 0.275 e. The molecule has 2 aromatic rings. The van der Waals surface area contributed by atoms with Crippen molar-refractivity contribution in [3.63, 3.8) is 0 Å². The third-order valence-corrected chi connectivity index (χ3v) is 5.20. The van der Waals surface area contributed by atoms with Crippen molar-refractivity contribution in [1.29, 1.82) is 0 Å². The molecule has 1 fully saturated rings. The molecule has 0 aromatic heterocycles. The van der Waals surface area contributed by atoms with Gasteiger partial charge in [-0.2, -0.15) is 0 Å². The molecule has 1 aliphatic heterocycles. The van der Waals surface area contributed by atoms with Gasteiger partial charge in [0.1, 0.15) is 0 Å². The van der Waals surface area contributed by atoms with Gasteiger partial charge < -0.3 is 15.1 Å². The number of carbonyl (C=O) groups excluding carboxylic acids is 1. The monoisotopic (exact) mass is 372 g/mol. The summed E-state index contributed by atoms with van der Waals surface area (Å²) in [5.74, 6) is 0.152. The standard InChI is InChI=1S/C21H26ClN3O/c22-19-10-4-5-11-20(19)25-15-13-24(14-16-25)17-21(26)23-12-6-9-18-7-2-1-3-8-18/h1-5,7-8,10-11H,6,9,12-17H2,(H,23,26)/p+1. The average molecular weight is 373 g/mol. The summed E-state index contributed by atoms with van der Waals surface area (Å²) < 4.78 is 0. The zero-order valence-electron chi connectivity index (χ0n) is 15.1. The maximum absolute atomic E-state index is 12.2. The van der Waals surface area contributed by atoms with Crippen LogP contribution in [-0.4, -0.2) is 45.2 Å². The first kappa shape index (κ1) is 18.7. The van der Waals surface area contributed by atoms with E-state index >= 15 is 0 Å². The van der Waals surface area contributed by atoms with Crippen molar-refractivity contribution >= 4 is 23.2 Å². The molecule has 0 radical (unpaired) electrons. The number of amides is 1. The Morgan fingerprint density at radius 2 is 1.73 bits per heavy atom. The van der Waals surface area contributed by atoms with E-state index in [1.807, 2.05) is 24.3 Å². The Hall–Kier alpha value is -2.04. The number of rotatable bonds is 7. The third kappa shape index (κ3) is 5.48. The number of aryl methyl sites for hydroxylation is 1. The molecule has 3 rings (SSSR count). The molecule has 1 aliphatic rings. The molecule has 2 N–H and O–H groups in total. The number of para-hydroxylation sites is 1. The van der Waals surface area contributed by atoms with Gasteiger partial charge in [0.05, 0.1) is 36.9 Å². The molecule has 4 nitrogen and oxygen atoms in total. The summed E-state index contributed by atoms with van der Waals surface area (Å²) in [6.45, 7) is 5.08. The highest BCUT2D eigenvalue weighted by molar-refractivity contribution is 6.33. The Bertz CT molecular complexity index is 699. The molecule has 0 saturated carbocycles. The van der Waals surface area contributed by atoms with E-state index in [9.17, 15) is 4.79 Å². The van der Waals surface area contributed by atoms with E-state index in [2.05, 4.69) is 40.5 Å². The van der Waals surface area contributed by atoms with Gasteiger partial charge >= 0.3 is 0 Å². The molecule has 0 unspecified atom stereocenters. The van der Waals surface area contributed by atoms with E-state index < -0.39 is 0 Å². The van der Waals surface area contributed by atoms with E-state index in [0.29, 0.717) is 6.54 Å². The minimum Gasteiger partial charge on any atom is -0.359 e. The molecule has 0 atom stereocenters. The second-order valence-electron chi connectivity index (χ2n) is 6.80. The van der Waals surface area contributed by atoms with Crippen molar-refractivity contribution < 1.29 is 9.69 Å². The number of carbonyl (C=O) groups is 1. The summed E-state index contributed by atoms with van der Waals surface area (Å²) in [6, 6.07) is 18.4. The first-order valence-electron chi connectivity index (χ1n) is 9.36. The second-order valence-corrected chi connectivity index (χ2v) is 7.21. The Balaban J connectivity index is 1.34. The summed E-state index contributed by atoms with van der Waals surface area (Å²) >= 11 is 6.28. The van der Waals surface area contributed by atoms with Crippen LogP contribution >= 0.6 is 11.6 Å². The Kier molecular flexibility index (Phi) is 6.92. The highest BCUT2D eigenvalue weighted by Gasteiger charge is 2.23. The van der Waals surface area contributed by atoms with Gasteiger partial charge in [0.25, 0.3) is 5.91 Å². The van der Waals surface area contributed by atoms with Crippen molar-refractivity contribution in [2.75, 3.05) is 44.2 Å². The quantitative estimate of drug-likeness (QED) is 0.727. The lowest BCUT2D eigenvalue weighted by molar-refractivity contribution is -0.892. The molecule has 5 heteroatoms. The Labute approximate surface area is 160 Å². The normalized spacial score (nSPS) is 15.0. The fourth-order valence-corrected chi connectivity index (χ4v) is 3.66. The minimum absolute atomic E-state index is 0.152. The molecule has 2 aromatic carbocycles. The SMILES string of the molecule is O=C(C[NH+]1CCN(c2ccccc2Cl)CC1)NCCCc1ccccc1. The number of hydrogen-bond donors (Lipinski definition) is 2. The fraction of sp³-hybridized carbons (Fsp3) is 0.381. The van der Waals surface area contributed by atoms with E-state index in [1.165, 1.54) is 10.5 Å². The summed E-state index contributed by atoms with van der Waals surface area (Å²) in [4.78, 5) is 15.8. The highest BCUT2D eigenvalue weighted by Crippen LogP contribution is 2.24. The topological polar surface area (TPSA) is 36.8 Å². The molecule has 26 heavy (non-hydrogen) atoms. The zero-order chi connectivity index (χ0) is 18.2. The van der Waals surface area contributed by atoms with Crippen LogP contribution in [0.2, 0.25) is 5.02 Å². The maximum Gasteiger partial charge on any atom is 0.275 e. The van der Waals surface area contributed by atoms with Crippen LogP contribution in [0, 0.1) is 0 Å². The van der Waals surface area contributed by atoms with Crippen molar-refractivity contribution in [3.8, 4) is 0 Å². The molecule has 1 amide bonds. The van der Waals surface area contributed by atoms with E-state index in [-0.39, 0.29) is 5.91 Å². The average Bonchev–Trinajstić information content (AvgIpc) is 2.67. The predicted molar refractivity (Wildman–Crippen MR) is 107 cm³/mol. The van der Waals surface area contributed by atoms with Crippen molar-refractivity contribution in [3.05, 3.63) is 65.2 Å². The summed E-state index contributed by atoms with van der Waals surface area (Å²) in [7, 11) is 0. The van der Waals surface area contributed by atoms with Crippen molar-refractivity contribution in [2.45, 2.75) is 12.8 Å². The molecule has 1 heterocycles. The first-order chi connectivity index (χ1) is 12.7. The van der Waals surface area contributed by atoms with E-state index in [1.54, 1.807) is 0 Å². The first-order valence-corrected chi connectivity index (χ1v) is 9.74. The lowest BCUT2D eigenvalue weighted by Crippen LogP contribution is -3.16. The van der Waals surface area contributed by atoms with Gasteiger partial charge in [0.15, 0.2) is 6.54 Å². The minimum atomic E-state index is 0.152. The molecule has 0 spiro atoms. The van der Waals surface area contributed by atoms with Crippen LogP contribution in [0.5, 0.6) is 0 Å². The number of nitrogens with one attached hydrogen (secondary N) is 2. The number of halogens is 1. The van der Waals surface area contributed by atoms with Gasteiger partial charge in [0, 0.05) is 6.54 Å². The number of hydrogen-bond acceptors (Lipinski definition) is 2. The summed E-state index contributed by atoms with van der Waals surface area (Å²) in [6.07, 6.45) is 1.98. The largest absolute Gasteiger partial charge is 0.359 e. The third-order valence-electron chi connectivity index (χ3n) is 4.88. The van der Waals surface area contributed by atoms with Gasteiger partial charge in [0.2, 0.25) is 0 Å².